The number of benzene rings is 2. The Kier molecular flexibility index (Phi) is 7.37. The van der Waals surface area contributed by atoms with Crippen LogP contribution in [0.4, 0.5) is 5.69 Å². The number of carbonyl (C=O) groups is 2. The Balaban J connectivity index is 2.04. The van der Waals surface area contributed by atoms with E-state index in [1.165, 1.54) is 0 Å². The van der Waals surface area contributed by atoms with Crippen molar-refractivity contribution in [1.29, 1.82) is 0 Å². The van der Waals surface area contributed by atoms with Crippen molar-refractivity contribution in [3.05, 3.63) is 59.7 Å². The van der Waals surface area contributed by atoms with E-state index in [2.05, 4.69) is 10.6 Å². The van der Waals surface area contributed by atoms with Crippen LogP contribution in [0.1, 0.15) is 36.7 Å². The van der Waals surface area contributed by atoms with Gasteiger partial charge in [0.1, 0.15) is 11.8 Å². The van der Waals surface area contributed by atoms with Gasteiger partial charge < -0.3 is 21.1 Å². The second-order valence-corrected chi connectivity index (χ2v) is 6.54. The van der Waals surface area contributed by atoms with Crippen molar-refractivity contribution in [2.75, 3.05) is 11.9 Å². The van der Waals surface area contributed by atoms with Crippen molar-refractivity contribution in [2.24, 2.45) is 11.7 Å². The largest absolute Gasteiger partial charge is 0.494 e. The fourth-order valence-electron chi connectivity index (χ4n) is 2.57. The molecule has 0 heterocycles. The first kappa shape index (κ1) is 20.5. The van der Waals surface area contributed by atoms with Crippen LogP contribution in [-0.4, -0.2) is 24.5 Å². The summed E-state index contributed by atoms with van der Waals surface area (Å²) in [6.45, 7) is 6.69. The topological polar surface area (TPSA) is 93.4 Å². The highest BCUT2D eigenvalue weighted by Gasteiger charge is 2.24. The van der Waals surface area contributed by atoms with Crippen molar-refractivity contribution < 1.29 is 14.3 Å². The molecule has 4 N–H and O–H groups in total. The van der Waals surface area contributed by atoms with Crippen LogP contribution in [0.25, 0.3) is 0 Å². The molecule has 2 aromatic rings. The first-order valence-electron chi connectivity index (χ1n) is 9.08. The Morgan fingerprint density at radius 3 is 2.19 bits per heavy atom. The van der Waals surface area contributed by atoms with Gasteiger partial charge in [-0.3, -0.25) is 9.59 Å². The van der Waals surface area contributed by atoms with Crippen LogP contribution in [0.15, 0.2) is 48.5 Å². The van der Waals surface area contributed by atoms with Crippen LogP contribution >= 0.6 is 0 Å². The highest BCUT2D eigenvalue weighted by Crippen LogP contribution is 2.14. The number of amides is 2. The molecule has 0 saturated heterocycles. The van der Waals surface area contributed by atoms with Gasteiger partial charge >= 0.3 is 0 Å². The minimum Gasteiger partial charge on any atom is -0.494 e. The van der Waals surface area contributed by atoms with Gasteiger partial charge in [0.25, 0.3) is 5.91 Å². The van der Waals surface area contributed by atoms with E-state index in [9.17, 15) is 9.59 Å². The molecular formula is C21H27N3O3. The first-order chi connectivity index (χ1) is 12.9. The summed E-state index contributed by atoms with van der Waals surface area (Å²) in [5, 5.41) is 5.66. The van der Waals surface area contributed by atoms with E-state index in [4.69, 9.17) is 10.5 Å². The van der Waals surface area contributed by atoms with Gasteiger partial charge in [-0.05, 0) is 54.8 Å². The Morgan fingerprint density at radius 1 is 1.04 bits per heavy atom. The molecule has 6 heteroatoms. The van der Waals surface area contributed by atoms with Crippen LogP contribution < -0.4 is 21.1 Å². The Labute approximate surface area is 160 Å². The van der Waals surface area contributed by atoms with Gasteiger partial charge in [0, 0.05) is 17.8 Å². The zero-order valence-electron chi connectivity index (χ0n) is 16.0. The SMILES string of the molecule is CCOc1ccc(C(=O)NC(C(=O)Nc2ccc(CN)cc2)C(C)C)cc1. The third-order valence-electron chi connectivity index (χ3n) is 4.12. The lowest BCUT2D eigenvalue weighted by Crippen LogP contribution is -2.47. The maximum absolute atomic E-state index is 12.6. The van der Waals surface area contributed by atoms with Crippen molar-refractivity contribution in [3.8, 4) is 5.75 Å². The summed E-state index contributed by atoms with van der Waals surface area (Å²) in [6.07, 6.45) is 0. The number of nitrogens with one attached hydrogen (secondary N) is 2. The molecule has 6 nitrogen and oxygen atoms in total. The molecule has 0 spiro atoms. The molecule has 0 fully saturated rings. The van der Waals surface area contributed by atoms with Gasteiger partial charge in [-0.15, -0.1) is 0 Å². The van der Waals surface area contributed by atoms with Crippen molar-refractivity contribution in [2.45, 2.75) is 33.4 Å². The number of rotatable bonds is 8. The molecule has 144 valence electrons. The summed E-state index contributed by atoms with van der Waals surface area (Å²) in [5.74, 6) is 0.0725. The molecular weight excluding hydrogens is 342 g/mol. The number of nitrogens with two attached hydrogens (primary N) is 1. The average molecular weight is 369 g/mol. The summed E-state index contributed by atoms with van der Waals surface area (Å²) in [4.78, 5) is 25.2. The fourth-order valence-corrected chi connectivity index (χ4v) is 2.57. The van der Waals surface area contributed by atoms with Crippen LogP contribution in [0.5, 0.6) is 5.75 Å². The molecule has 0 aromatic heterocycles. The molecule has 1 unspecified atom stereocenters. The Hall–Kier alpha value is -2.86. The maximum Gasteiger partial charge on any atom is 0.251 e. The molecule has 0 aliphatic heterocycles. The van der Waals surface area contributed by atoms with Crippen molar-refractivity contribution >= 4 is 17.5 Å². The maximum atomic E-state index is 12.6. The van der Waals surface area contributed by atoms with E-state index in [0.29, 0.717) is 30.2 Å². The van der Waals surface area contributed by atoms with Gasteiger partial charge in [0.15, 0.2) is 0 Å². The third kappa shape index (κ3) is 5.82. The number of carbonyl (C=O) groups excluding carboxylic acids is 2. The van der Waals surface area contributed by atoms with E-state index in [-0.39, 0.29) is 17.7 Å². The fraction of sp³-hybridized carbons (Fsp3) is 0.333. The zero-order chi connectivity index (χ0) is 19.8. The Bertz CT molecular complexity index is 755. The summed E-state index contributed by atoms with van der Waals surface area (Å²) in [5.41, 5.74) is 7.71. The molecule has 0 aliphatic rings. The van der Waals surface area contributed by atoms with Gasteiger partial charge in [0.2, 0.25) is 5.91 Å². The molecule has 0 bridgehead atoms. The molecule has 0 aliphatic carbocycles. The number of hydrogen-bond acceptors (Lipinski definition) is 4. The van der Waals surface area contributed by atoms with Gasteiger partial charge in [0.05, 0.1) is 6.61 Å². The predicted molar refractivity (Wildman–Crippen MR) is 107 cm³/mol. The lowest BCUT2D eigenvalue weighted by Gasteiger charge is -2.22. The normalized spacial score (nSPS) is 11.7. The summed E-state index contributed by atoms with van der Waals surface area (Å²) < 4.78 is 5.38. The van der Waals surface area contributed by atoms with E-state index in [1.807, 2.05) is 32.9 Å². The number of hydrogen-bond donors (Lipinski definition) is 3. The minimum atomic E-state index is -0.654. The Morgan fingerprint density at radius 2 is 1.67 bits per heavy atom. The third-order valence-corrected chi connectivity index (χ3v) is 4.12. The highest BCUT2D eigenvalue weighted by molar-refractivity contribution is 6.01. The molecule has 2 aromatic carbocycles. The quantitative estimate of drug-likeness (QED) is 0.667. The molecule has 0 radical (unpaired) electrons. The monoisotopic (exact) mass is 369 g/mol. The first-order valence-corrected chi connectivity index (χ1v) is 9.08. The summed E-state index contributed by atoms with van der Waals surface area (Å²) >= 11 is 0. The minimum absolute atomic E-state index is 0.0695. The highest BCUT2D eigenvalue weighted by atomic mass is 16.5. The van der Waals surface area contributed by atoms with Crippen LogP contribution in [0.3, 0.4) is 0 Å². The lowest BCUT2D eigenvalue weighted by atomic mass is 10.0. The van der Waals surface area contributed by atoms with Crippen LogP contribution in [-0.2, 0) is 11.3 Å². The lowest BCUT2D eigenvalue weighted by molar-refractivity contribution is -0.118. The van der Waals surface area contributed by atoms with E-state index in [1.54, 1.807) is 36.4 Å². The molecule has 27 heavy (non-hydrogen) atoms. The van der Waals surface area contributed by atoms with Crippen molar-refractivity contribution in [3.63, 3.8) is 0 Å². The number of anilines is 1. The van der Waals surface area contributed by atoms with E-state index in [0.717, 1.165) is 5.56 Å². The molecule has 2 rings (SSSR count). The van der Waals surface area contributed by atoms with E-state index < -0.39 is 6.04 Å². The smallest absolute Gasteiger partial charge is 0.251 e. The molecule has 1 atom stereocenters. The van der Waals surface area contributed by atoms with E-state index >= 15 is 0 Å². The summed E-state index contributed by atoms with van der Waals surface area (Å²) in [7, 11) is 0. The predicted octanol–water partition coefficient (Wildman–Crippen LogP) is 2.94. The van der Waals surface area contributed by atoms with Crippen molar-refractivity contribution in [1.82, 2.24) is 5.32 Å². The molecule has 0 saturated carbocycles. The van der Waals surface area contributed by atoms with Gasteiger partial charge in [-0.2, -0.15) is 0 Å². The van der Waals surface area contributed by atoms with Crippen LogP contribution in [0, 0.1) is 5.92 Å². The number of ether oxygens (including phenoxy) is 1. The summed E-state index contributed by atoms with van der Waals surface area (Å²) in [6, 6.07) is 13.5. The standard InChI is InChI=1S/C21H27N3O3/c1-4-27-18-11-7-16(8-12-18)20(25)24-19(14(2)3)21(26)23-17-9-5-15(13-22)6-10-17/h5-12,14,19H,4,13,22H2,1-3H3,(H,23,26)(H,24,25). The van der Waals surface area contributed by atoms with Gasteiger partial charge in [-0.1, -0.05) is 26.0 Å². The molecule has 2 amide bonds. The average Bonchev–Trinajstić information content (AvgIpc) is 2.67. The van der Waals surface area contributed by atoms with Crippen LogP contribution in [0.2, 0.25) is 0 Å². The van der Waals surface area contributed by atoms with Gasteiger partial charge in [-0.25, -0.2) is 0 Å². The zero-order valence-corrected chi connectivity index (χ0v) is 16.0. The second-order valence-electron chi connectivity index (χ2n) is 6.54. The second kappa shape index (κ2) is 9.73.